The molecular weight excluding hydrogens is 362 g/mol. The van der Waals surface area contributed by atoms with Crippen LogP contribution in [0.25, 0.3) is 0 Å². The van der Waals surface area contributed by atoms with Gasteiger partial charge in [-0.3, -0.25) is 10.1 Å². The maximum Gasteiger partial charge on any atom is 0.274 e. The molecule has 0 aliphatic carbocycles. The first-order valence-corrected chi connectivity index (χ1v) is 6.57. The lowest BCUT2D eigenvalue weighted by Crippen LogP contribution is -2.04. The van der Waals surface area contributed by atoms with Gasteiger partial charge in [-0.1, -0.05) is 18.2 Å². The van der Waals surface area contributed by atoms with Gasteiger partial charge in [-0.25, -0.2) is 4.39 Å². The number of hydrogen-bond acceptors (Lipinski definition) is 3. The fourth-order valence-electron chi connectivity index (χ4n) is 1.66. The normalized spacial score (nSPS) is 10.2. The van der Waals surface area contributed by atoms with Crippen LogP contribution in [0.1, 0.15) is 5.56 Å². The summed E-state index contributed by atoms with van der Waals surface area (Å²) in [6.45, 7) is 0.318. The number of halogens is 2. The molecule has 0 radical (unpaired) electrons. The molecule has 0 spiro atoms. The monoisotopic (exact) mass is 372 g/mol. The Morgan fingerprint density at radius 3 is 2.68 bits per heavy atom. The molecule has 2 rings (SSSR count). The van der Waals surface area contributed by atoms with Crippen molar-refractivity contribution < 1.29 is 9.31 Å². The Morgan fingerprint density at radius 2 is 2.00 bits per heavy atom. The largest absolute Gasteiger partial charge is 0.380 e. The van der Waals surface area contributed by atoms with E-state index in [1.165, 1.54) is 18.2 Å². The van der Waals surface area contributed by atoms with Crippen molar-refractivity contribution in [2.24, 2.45) is 0 Å². The summed E-state index contributed by atoms with van der Waals surface area (Å²) in [6.07, 6.45) is 0. The average molecular weight is 372 g/mol. The number of hydrogen-bond donors (Lipinski definition) is 1. The molecule has 0 saturated carbocycles. The number of rotatable bonds is 4. The van der Waals surface area contributed by atoms with Crippen molar-refractivity contribution in [3.63, 3.8) is 0 Å². The van der Waals surface area contributed by atoms with Gasteiger partial charge in [0.2, 0.25) is 0 Å². The van der Waals surface area contributed by atoms with E-state index in [1.807, 2.05) is 22.6 Å². The van der Waals surface area contributed by atoms with Gasteiger partial charge in [0.1, 0.15) is 5.82 Å². The number of nitrogens with one attached hydrogen (secondary N) is 1. The first kappa shape index (κ1) is 13.7. The van der Waals surface area contributed by atoms with Crippen LogP contribution >= 0.6 is 22.6 Å². The Morgan fingerprint density at radius 1 is 1.26 bits per heavy atom. The topological polar surface area (TPSA) is 55.2 Å². The second-order valence-corrected chi connectivity index (χ2v) is 5.03. The third-order valence-electron chi connectivity index (χ3n) is 2.59. The predicted molar refractivity (Wildman–Crippen MR) is 79.5 cm³/mol. The van der Waals surface area contributed by atoms with Crippen LogP contribution in [0.2, 0.25) is 0 Å². The first-order chi connectivity index (χ1) is 9.08. The Balaban J connectivity index is 2.17. The lowest BCUT2D eigenvalue weighted by molar-refractivity contribution is -0.385. The van der Waals surface area contributed by atoms with Crippen molar-refractivity contribution in [2.75, 3.05) is 5.32 Å². The molecule has 0 aromatic heterocycles. The van der Waals surface area contributed by atoms with E-state index < -0.39 is 4.92 Å². The highest BCUT2D eigenvalue weighted by Gasteiger charge is 2.12. The number of anilines is 1. The van der Waals surface area contributed by atoms with E-state index in [0.29, 0.717) is 12.1 Å². The van der Waals surface area contributed by atoms with Gasteiger partial charge in [0, 0.05) is 27.4 Å². The van der Waals surface area contributed by atoms with Gasteiger partial charge < -0.3 is 5.32 Å². The molecule has 0 saturated heterocycles. The first-order valence-electron chi connectivity index (χ1n) is 5.49. The lowest BCUT2D eigenvalue weighted by atomic mass is 10.2. The Kier molecular flexibility index (Phi) is 4.31. The zero-order chi connectivity index (χ0) is 13.8. The van der Waals surface area contributed by atoms with Crippen LogP contribution in [0, 0.1) is 19.5 Å². The maximum absolute atomic E-state index is 13.0. The minimum absolute atomic E-state index is 0.0760. The molecule has 1 N–H and O–H groups in total. The quantitative estimate of drug-likeness (QED) is 0.502. The molecule has 0 heterocycles. The molecule has 6 heteroatoms. The molecule has 0 bridgehead atoms. The highest BCUT2D eigenvalue weighted by molar-refractivity contribution is 14.1. The third-order valence-corrected chi connectivity index (χ3v) is 3.48. The highest BCUT2D eigenvalue weighted by Crippen LogP contribution is 2.22. The van der Waals surface area contributed by atoms with Crippen LogP contribution in [-0.2, 0) is 6.54 Å². The smallest absolute Gasteiger partial charge is 0.274 e. The van der Waals surface area contributed by atoms with Gasteiger partial charge in [0.05, 0.1) is 4.92 Å². The fourth-order valence-corrected chi connectivity index (χ4v) is 2.33. The summed E-state index contributed by atoms with van der Waals surface area (Å²) in [5, 5.41) is 13.9. The van der Waals surface area contributed by atoms with Crippen molar-refractivity contribution >= 4 is 34.0 Å². The molecule has 19 heavy (non-hydrogen) atoms. The summed E-state index contributed by atoms with van der Waals surface area (Å²) in [5.41, 5.74) is 1.42. The summed E-state index contributed by atoms with van der Waals surface area (Å²) in [5.74, 6) is -0.305. The summed E-state index contributed by atoms with van der Waals surface area (Å²) in [6, 6.07) is 10.9. The Hall–Kier alpha value is -1.70. The molecule has 0 unspecified atom stereocenters. The van der Waals surface area contributed by atoms with Crippen LogP contribution in [-0.4, -0.2) is 4.92 Å². The van der Waals surface area contributed by atoms with Crippen LogP contribution in [0.15, 0.2) is 42.5 Å². The summed E-state index contributed by atoms with van der Waals surface area (Å²) >= 11 is 2.01. The van der Waals surface area contributed by atoms with Crippen LogP contribution in [0.5, 0.6) is 0 Å². The molecular formula is C13H10FIN2O2. The summed E-state index contributed by atoms with van der Waals surface area (Å²) in [4.78, 5) is 10.5. The van der Waals surface area contributed by atoms with E-state index in [-0.39, 0.29) is 11.5 Å². The van der Waals surface area contributed by atoms with Gasteiger partial charge >= 0.3 is 0 Å². The molecule has 0 aliphatic rings. The lowest BCUT2D eigenvalue weighted by Gasteiger charge is -2.09. The number of nitrogens with zero attached hydrogens (tertiary/aromatic N) is 1. The molecule has 0 atom stereocenters. The number of nitro benzene ring substituents is 1. The average Bonchev–Trinajstić information content (AvgIpc) is 2.38. The number of nitro groups is 1. The van der Waals surface area contributed by atoms with Gasteiger partial charge in [0.25, 0.3) is 5.69 Å². The Labute approximate surface area is 122 Å². The van der Waals surface area contributed by atoms with Crippen LogP contribution in [0.4, 0.5) is 15.8 Å². The van der Waals surface area contributed by atoms with Gasteiger partial charge in [0.15, 0.2) is 0 Å². The molecule has 2 aromatic rings. The standard InChI is InChI=1S/C13H10FIN2O2/c14-10-5-6-12(11(15)7-10)16-8-9-3-1-2-4-13(9)17(18)19/h1-7,16H,8H2. The van der Waals surface area contributed by atoms with Crippen LogP contribution in [0.3, 0.4) is 0 Å². The second-order valence-electron chi connectivity index (χ2n) is 3.86. The van der Waals surface area contributed by atoms with E-state index in [0.717, 1.165) is 9.26 Å². The van der Waals surface area contributed by atoms with Crippen molar-refractivity contribution in [1.82, 2.24) is 0 Å². The van der Waals surface area contributed by atoms with E-state index in [2.05, 4.69) is 5.32 Å². The van der Waals surface area contributed by atoms with E-state index >= 15 is 0 Å². The molecule has 2 aromatic carbocycles. The highest BCUT2D eigenvalue weighted by atomic mass is 127. The van der Waals surface area contributed by atoms with Gasteiger partial charge in [-0.15, -0.1) is 0 Å². The zero-order valence-electron chi connectivity index (χ0n) is 9.77. The summed E-state index contributed by atoms with van der Waals surface area (Å²) in [7, 11) is 0. The molecule has 0 amide bonds. The Bertz CT molecular complexity index is 619. The third kappa shape index (κ3) is 3.40. The zero-order valence-corrected chi connectivity index (χ0v) is 11.9. The van der Waals surface area contributed by atoms with Crippen molar-refractivity contribution in [1.29, 1.82) is 0 Å². The van der Waals surface area contributed by atoms with E-state index in [9.17, 15) is 14.5 Å². The molecule has 4 nitrogen and oxygen atoms in total. The predicted octanol–water partition coefficient (Wildman–Crippen LogP) is 3.95. The molecule has 0 aliphatic heterocycles. The van der Waals surface area contributed by atoms with E-state index in [1.54, 1.807) is 24.3 Å². The van der Waals surface area contributed by atoms with Gasteiger partial charge in [-0.2, -0.15) is 0 Å². The van der Waals surface area contributed by atoms with Crippen molar-refractivity contribution in [3.8, 4) is 0 Å². The minimum atomic E-state index is -0.410. The van der Waals surface area contributed by atoms with Crippen molar-refractivity contribution in [3.05, 3.63) is 67.5 Å². The SMILES string of the molecule is O=[N+]([O-])c1ccccc1CNc1ccc(F)cc1I. The fraction of sp³-hybridized carbons (Fsp3) is 0.0769. The summed E-state index contributed by atoms with van der Waals surface area (Å²) < 4.78 is 13.7. The van der Waals surface area contributed by atoms with Gasteiger partial charge in [-0.05, 0) is 40.8 Å². The number of para-hydroxylation sites is 1. The molecule has 98 valence electrons. The maximum atomic E-state index is 13.0. The van der Waals surface area contributed by atoms with E-state index in [4.69, 9.17) is 0 Å². The second kappa shape index (κ2) is 5.96. The number of benzene rings is 2. The molecule has 0 fully saturated rings. The minimum Gasteiger partial charge on any atom is -0.380 e. The van der Waals surface area contributed by atoms with Crippen molar-refractivity contribution in [2.45, 2.75) is 6.54 Å². The van der Waals surface area contributed by atoms with Crippen LogP contribution < -0.4 is 5.32 Å².